The summed E-state index contributed by atoms with van der Waals surface area (Å²) in [5.74, 6) is -1.91. The van der Waals surface area contributed by atoms with Crippen molar-refractivity contribution in [2.75, 3.05) is 11.5 Å². The first-order chi connectivity index (χ1) is 21.4. The summed E-state index contributed by atoms with van der Waals surface area (Å²) in [6.07, 6.45) is 0. The van der Waals surface area contributed by atoms with E-state index in [9.17, 15) is 19.5 Å². The van der Waals surface area contributed by atoms with Crippen LogP contribution < -0.4 is 9.64 Å². The molecule has 2 heterocycles. The number of hydrogen-bond acceptors (Lipinski definition) is 8. The molecule has 3 aromatic carbocycles. The first-order valence-corrected chi connectivity index (χ1v) is 15.6. The number of ketones is 1. The summed E-state index contributed by atoms with van der Waals surface area (Å²) in [6, 6.07) is 21.6. The van der Waals surface area contributed by atoms with Gasteiger partial charge in [0.2, 0.25) is 0 Å². The van der Waals surface area contributed by atoms with E-state index in [1.807, 2.05) is 61.5 Å². The molecule has 1 N–H and O–H groups in total. The van der Waals surface area contributed by atoms with E-state index in [2.05, 4.69) is 25.8 Å². The predicted molar refractivity (Wildman–Crippen MR) is 175 cm³/mol. The summed E-state index contributed by atoms with van der Waals surface area (Å²) < 4.78 is 11.2. The van der Waals surface area contributed by atoms with Gasteiger partial charge in [-0.25, -0.2) is 9.78 Å². The number of benzene rings is 3. The van der Waals surface area contributed by atoms with Crippen LogP contribution in [-0.2, 0) is 26.3 Å². The molecule has 4 aromatic rings. The predicted octanol–water partition coefficient (Wildman–Crippen LogP) is 7.44. The molecule has 1 atom stereocenters. The van der Waals surface area contributed by atoms with Crippen LogP contribution >= 0.6 is 11.3 Å². The van der Waals surface area contributed by atoms with Crippen LogP contribution in [0.15, 0.2) is 78.4 Å². The fraction of sp³-hybridized carbons (Fsp3) is 0.278. The molecule has 1 unspecified atom stereocenters. The van der Waals surface area contributed by atoms with Crippen molar-refractivity contribution in [2.45, 2.75) is 59.6 Å². The number of aromatic nitrogens is 1. The molecule has 0 spiro atoms. The largest absolute Gasteiger partial charge is 0.507 e. The van der Waals surface area contributed by atoms with Gasteiger partial charge in [0.15, 0.2) is 5.13 Å². The standard InChI is InChI=1S/C36H36N2O6S/c1-7-43-34(42)32-22(3)37-35(45-32)38-29(24-13-16-26(17-14-24)36(4,5)6)28(31(40)33(38)41)30(39)25-15-18-27(21(2)19-25)44-20-23-11-9-8-10-12-23/h8-19,29,39H,7,20H2,1-6H3/b30-28-. The second kappa shape index (κ2) is 12.7. The van der Waals surface area contributed by atoms with Crippen molar-refractivity contribution < 1.29 is 29.0 Å². The van der Waals surface area contributed by atoms with Crippen molar-refractivity contribution in [3.63, 3.8) is 0 Å². The Morgan fingerprint density at radius 1 is 1.00 bits per heavy atom. The molecule has 1 amide bonds. The smallest absolute Gasteiger partial charge is 0.350 e. The fourth-order valence-corrected chi connectivity index (χ4v) is 6.22. The second-order valence-electron chi connectivity index (χ2n) is 11.9. The Balaban J connectivity index is 1.59. The summed E-state index contributed by atoms with van der Waals surface area (Å²) in [5.41, 5.74) is 4.04. The van der Waals surface area contributed by atoms with Gasteiger partial charge in [0.05, 0.1) is 23.9 Å². The lowest BCUT2D eigenvalue weighted by Gasteiger charge is -2.25. The maximum Gasteiger partial charge on any atom is 0.350 e. The van der Waals surface area contributed by atoms with Crippen LogP contribution in [0.3, 0.4) is 0 Å². The van der Waals surface area contributed by atoms with E-state index in [1.165, 1.54) is 4.90 Å². The minimum Gasteiger partial charge on any atom is -0.507 e. The number of carbonyl (C=O) groups excluding carboxylic acids is 3. The van der Waals surface area contributed by atoms with Crippen LogP contribution in [-0.4, -0.2) is 34.4 Å². The summed E-state index contributed by atoms with van der Waals surface area (Å²) in [7, 11) is 0. The second-order valence-corrected chi connectivity index (χ2v) is 12.9. The fourth-order valence-electron chi connectivity index (χ4n) is 5.23. The molecule has 0 radical (unpaired) electrons. The van der Waals surface area contributed by atoms with Crippen LogP contribution in [0.25, 0.3) is 5.76 Å². The van der Waals surface area contributed by atoms with Gasteiger partial charge in [-0.2, -0.15) is 0 Å². The van der Waals surface area contributed by atoms with Crippen LogP contribution in [0.5, 0.6) is 5.75 Å². The Morgan fingerprint density at radius 3 is 2.31 bits per heavy atom. The third kappa shape index (κ3) is 6.40. The average Bonchev–Trinajstić information content (AvgIpc) is 3.52. The molecular formula is C36H36N2O6S. The lowest BCUT2D eigenvalue weighted by molar-refractivity contribution is -0.132. The molecule has 5 rings (SSSR count). The number of rotatable bonds is 8. The number of aliphatic hydroxyl groups is 1. The Bertz CT molecular complexity index is 1780. The molecule has 45 heavy (non-hydrogen) atoms. The molecule has 9 heteroatoms. The maximum absolute atomic E-state index is 13.7. The Hall–Kier alpha value is -4.76. The highest BCUT2D eigenvalue weighted by molar-refractivity contribution is 7.17. The molecule has 1 saturated heterocycles. The number of carbonyl (C=O) groups is 3. The minimum atomic E-state index is -0.978. The molecule has 1 aliphatic heterocycles. The highest BCUT2D eigenvalue weighted by Crippen LogP contribution is 2.44. The molecular weight excluding hydrogens is 588 g/mol. The highest BCUT2D eigenvalue weighted by atomic mass is 32.1. The van der Waals surface area contributed by atoms with E-state index in [-0.39, 0.29) is 33.4 Å². The third-order valence-corrected chi connectivity index (χ3v) is 8.81. The van der Waals surface area contributed by atoms with E-state index >= 15 is 0 Å². The monoisotopic (exact) mass is 624 g/mol. The Morgan fingerprint density at radius 2 is 1.69 bits per heavy atom. The van der Waals surface area contributed by atoms with Gasteiger partial charge in [-0.3, -0.25) is 14.5 Å². The van der Waals surface area contributed by atoms with Gasteiger partial charge < -0.3 is 14.6 Å². The Labute approximate surface area is 267 Å². The van der Waals surface area contributed by atoms with Crippen LogP contribution in [0, 0.1) is 13.8 Å². The van der Waals surface area contributed by atoms with Crippen molar-refractivity contribution in [2.24, 2.45) is 0 Å². The lowest BCUT2D eigenvalue weighted by atomic mass is 9.85. The number of amides is 1. The quantitative estimate of drug-likeness (QED) is 0.0940. The van der Waals surface area contributed by atoms with Crippen molar-refractivity contribution in [3.8, 4) is 5.75 Å². The van der Waals surface area contributed by atoms with E-state index in [0.29, 0.717) is 29.2 Å². The first kappa shape index (κ1) is 31.7. The van der Waals surface area contributed by atoms with E-state index in [1.54, 1.807) is 32.0 Å². The molecule has 1 aromatic heterocycles. The minimum absolute atomic E-state index is 0.0635. The van der Waals surface area contributed by atoms with Gasteiger partial charge in [0.1, 0.15) is 23.0 Å². The number of aliphatic hydroxyl groups excluding tert-OH is 1. The molecule has 1 aliphatic rings. The summed E-state index contributed by atoms with van der Waals surface area (Å²) in [5, 5.41) is 11.8. The maximum atomic E-state index is 13.7. The summed E-state index contributed by atoms with van der Waals surface area (Å²) >= 11 is 0.980. The highest BCUT2D eigenvalue weighted by Gasteiger charge is 2.48. The SMILES string of the molecule is CCOC(=O)c1sc(N2C(=O)C(=O)/C(=C(\O)c3ccc(OCc4ccccc4)c(C)c3)C2c2ccc(C(C)(C)C)cc2)nc1C. The van der Waals surface area contributed by atoms with Gasteiger partial charge in [0, 0.05) is 5.56 Å². The van der Waals surface area contributed by atoms with Crippen molar-refractivity contribution in [1.29, 1.82) is 0 Å². The average molecular weight is 625 g/mol. The number of aryl methyl sites for hydroxylation is 2. The zero-order valence-corrected chi connectivity index (χ0v) is 27.0. The Kier molecular flexibility index (Phi) is 8.93. The third-order valence-electron chi connectivity index (χ3n) is 7.67. The van der Waals surface area contributed by atoms with Crippen molar-refractivity contribution in [3.05, 3.63) is 117 Å². The van der Waals surface area contributed by atoms with E-state index in [0.717, 1.165) is 28.0 Å². The number of thiazole rings is 1. The molecule has 1 fully saturated rings. The zero-order chi connectivity index (χ0) is 32.5. The van der Waals surface area contributed by atoms with Crippen LogP contribution in [0.2, 0.25) is 0 Å². The summed E-state index contributed by atoms with van der Waals surface area (Å²) in [6.45, 7) is 12.1. The molecule has 0 saturated carbocycles. The molecule has 0 aliphatic carbocycles. The molecule has 8 nitrogen and oxygen atoms in total. The summed E-state index contributed by atoms with van der Waals surface area (Å²) in [4.78, 5) is 46.0. The lowest BCUT2D eigenvalue weighted by Crippen LogP contribution is -2.29. The van der Waals surface area contributed by atoms with Gasteiger partial charge in [-0.1, -0.05) is 86.7 Å². The van der Waals surface area contributed by atoms with Crippen LogP contribution in [0.4, 0.5) is 5.13 Å². The normalized spacial score (nSPS) is 16.2. The number of ether oxygens (including phenoxy) is 2. The van der Waals surface area contributed by atoms with Gasteiger partial charge in [-0.05, 0) is 66.6 Å². The van der Waals surface area contributed by atoms with E-state index in [4.69, 9.17) is 9.47 Å². The van der Waals surface area contributed by atoms with Crippen LogP contribution in [0.1, 0.15) is 76.9 Å². The first-order valence-electron chi connectivity index (χ1n) is 14.7. The topological polar surface area (TPSA) is 106 Å². The number of esters is 1. The van der Waals surface area contributed by atoms with Gasteiger partial charge in [-0.15, -0.1) is 0 Å². The molecule has 0 bridgehead atoms. The number of Topliss-reactive ketones (excluding diaryl/α,β-unsaturated/α-hetero) is 1. The van der Waals surface area contributed by atoms with E-state index < -0.39 is 23.7 Å². The number of hydrogen-bond donors (Lipinski definition) is 1. The zero-order valence-electron chi connectivity index (χ0n) is 26.2. The number of nitrogens with zero attached hydrogens (tertiary/aromatic N) is 2. The van der Waals surface area contributed by atoms with Crippen molar-refractivity contribution in [1.82, 2.24) is 4.98 Å². The number of anilines is 1. The van der Waals surface area contributed by atoms with Crippen molar-refractivity contribution >= 4 is 39.9 Å². The van der Waals surface area contributed by atoms with Gasteiger partial charge >= 0.3 is 11.9 Å². The van der Waals surface area contributed by atoms with Gasteiger partial charge in [0.25, 0.3) is 5.78 Å². The molecule has 232 valence electrons.